The fourth-order valence-corrected chi connectivity index (χ4v) is 4.38. The number of aliphatic carboxylic acids is 1. The standard InChI is InChI=1S/C25H28N4O5/c1-17-4-9-20-23(27-17)21(10-12-26-20)29-13-3-11-25(33,16-29)15-28(2)24(32)18-5-7-19(8-6-18)34-14-22(30)31/h4-10,12,33H,3,11,13-16H2,1-2H3,(H,30,31). The molecule has 1 saturated heterocycles. The molecule has 0 radical (unpaired) electrons. The second-order valence-corrected chi connectivity index (χ2v) is 8.77. The highest BCUT2D eigenvalue weighted by molar-refractivity contribution is 5.94. The maximum Gasteiger partial charge on any atom is 0.341 e. The Morgan fingerprint density at radius 3 is 2.68 bits per heavy atom. The molecule has 0 spiro atoms. The number of rotatable bonds is 7. The number of hydrogen-bond donors (Lipinski definition) is 2. The van der Waals surface area contributed by atoms with E-state index in [2.05, 4.69) is 14.9 Å². The summed E-state index contributed by atoms with van der Waals surface area (Å²) in [5.41, 5.74) is 2.80. The van der Waals surface area contributed by atoms with Gasteiger partial charge in [-0.15, -0.1) is 0 Å². The van der Waals surface area contributed by atoms with E-state index in [9.17, 15) is 14.7 Å². The van der Waals surface area contributed by atoms with Crippen LogP contribution in [-0.2, 0) is 4.79 Å². The molecule has 178 valence electrons. The van der Waals surface area contributed by atoms with Crippen molar-refractivity contribution in [1.82, 2.24) is 14.9 Å². The lowest BCUT2D eigenvalue weighted by Gasteiger charge is -2.42. The fraction of sp³-hybridized carbons (Fsp3) is 0.360. The van der Waals surface area contributed by atoms with E-state index in [1.54, 1.807) is 37.5 Å². The number of fused-ring (bicyclic) bond motifs is 1. The summed E-state index contributed by atoms with van der Waals surface area (Å²) in [7, 11) is 1.67. The summed E-state index contributed by atoms with van der Waals surface area (Å²) < 4.78 is 5.11. The first-order valence-corrected chi connectivity index (χ1v) is 11.1. The normalized spacial score (nSPS) is 18.0. The SMILES string of the molecule is Cc1ccc2nccc(N3CCCC(O)(CN(C)C(=O)c4ccc(OCC(=O)O)cc4)C3)c2n1. The predicted molar refractivity (Wildman–Crippen MR) is 127 cm³/mol. The van der Waals surface area contributed by atoms with Crippen molar-refractivity contribution in [2.75, 3.05) is 38.2 Å². The molecule has 0 bridgehead atoms. The topological polar surface area (TPSA) is 116 Å². The first kappa shape index (κ1) is 23.4. The van der Waals surface area contributed by atoms with Crippen molar-refractivity contribution in [2.45, 2.75) is 25.4 Å². The van der Waals surface area contributed by atoms with Crippen molar-refractivity contribution in [3.8, 4) is 5.75 Å². The average molecular weight is 465 g/mol. The fourth-order valence-electron chi connectivity index (χ4n) is 4.38. The van der Waals surface area contributed by atoms with Crippen molar-refractivity contribution >= 4 is 28.6 Å². The van der Waals surface area contributed by atoms with Crippen molar-refractivity contribution in [2.24, 2.45) is 0 Å². The molecule has 2 N–H and O–H groups in total. The Morgan fingerprint density at radius 1 is 1.18 bits per heavy atom. The summed E-state index contributed by atoms with van der Waals surface area (Å²) in [5.74, 6) is -0.932. The average Bonchev–Trinajstić information content (AvgIpc) is 2.82. The number of nitrogens with zero attached hydrogens (tertiary/aromatic N) is 4. The minimum Gasteiger partial charge on any atom is -0.482 e. The Hall–Kier alpha value is -3.72. The molecule has 0 saturated carbocycles. The molecule has 1 unspecified atom stereocenters. The highest BCUT2D eigenvalue weighted by Gasteiger charge is 2.36. The molecule has 1 fully saturated rings. The van der Waals surface area contributed by atoms with Crippen LogP contribution in [0.4, 0.5) is 5.69 Å². The van der Waals surface area contributed by atoms with Gasteiger partial charge in [0.2, 0.25) is 0 Å². The molecule has 1 aliphatic rings. The summed E-state index contributed by atoms with van der Waals surface area (Å²) in [6.07, 6.45) is 3.12. The third-order valence-electron chi connectivity index (χ3n) is 5.94. The largest absolute Gasteiger partial charge is 0.482 e. The third kappa shape index (κ3) is 5.26. The quantitative estimate of drug-likeness (QED) is 0.548. The van der Waals surface area contributed by atoms with E-state index in [0.29, 0.717) is 24.3 Å². The van der Waals surface area contributed by atoms with Gasteiger partial charge in [-0.2, -0.15) is 0 Å². The number of ether oxygens (including phenoxy) is 1. The summed E-state index contributed by atoms with van der Waals surface area (Å²) >= 11 is 0. The molecule has 1 amide bonds. The van der Waals surface area contributed by atoms with Crippen LogP contribution in [0.15, 0.2) is 48.7 Å². The zero-order valence-corrected chi connectivity index (χ0v) is 19.3. The van der Waals surface area contributed by atoms with Crippen LogP contribution in [0.1, 0.15) is 28.9 Å². The van der Waals surface area contributed by atoms with Gasteiger partial charge in [-0.3, -0.25) is 9.78 Å². The molecule has 4 rings (SSSR count). The predicted octanol–water partition coefficient (Wildman–Crippen LogP) is 2.51. The highest BCUT2D eigenvalue weighted by atomic mass is 16.5. The Labute approximate surface area is 197 Å². The Balaban J connectivity index is 1.45. The third-order valence-corrected chi connectivity index (χ3v) is 5.94. The van der Waals surface area contributed by atoms with Crippen LogP contribution in [-0.4, -0.2) is 75.8 Å². The van der Waals surface area contributed by atoms with E-state index in [1.165, 1.54) is 4.90 Å². The first-order chi connectivity index (χ1) is 16.2. The minimum absolute atomic E-state index is 0.176. The van der Waals surface area contributed by atoms with Gasteiger partial charge in [0, 0.05) is 37.6 Å². The van der Waals surface area contributed by atoms with E-state index >= 15 is 0 Å². The Morgan fingerprint density at radius 2 is 1.94 bits per heavy atom. The zero-order chi connectivity index (χ0) is 24.3. The Kier molecular flexibility index (Phi) is 6.65. The molecule has 9 heteroatoms. The van der Waals surface area contributed by atoms with Crippen LogP contribution in [0.25, 0.3) is 11.0 Å². The number of β-amino-alcohol motifs (C(OH)–C–C–N with tert-alkyl or cyclic N) is 1. The molecule has 1 atom stereocenters. The molecule has 3 heterocycles. The van der Waals surface area contributed by atoms with E-state index in [1.807, 2.05) is 25.1 Å². The monoisotopic (exact) mass is 464 g/mol. The molecule has 34 heavy (non-hydrogen) atoms. The number of carboxylic acids is 1. The number of benzene rings is 1. The number of carbonyl (C=O) groups excluding carboxylic acids is 1. The summed E-state index contributed by atoms with van der Waals surface area (Å²) in [6, 6.07) is 12.1. The van der Waals surface area contributed by atoms with Gasteiger partial charge in [0.05, 0.1) is 23.3 Å². The number of carboxylic acid groups (broad SMARTS) is 1. The smallest absolute Gasteiger partial charge is 0.341 e. The van der Waals surface area contributed by atoms with Gasteiger partial charge in [-0.1, -0.05) is 0 Å². The lowest BCUT2D eigenvalue weighted by atomic mass is 9.91. The number of anilines is 1. The van der Waals surface area contributed by atoms with Gasteiger partial charge in [0.1, 0.15) is 11.3 Å². The van der Waals surface area contributed by atoms with Crippen LogP contribution in [0.5, 0.6) is 5.75 Å². The minimum atomic E-state index is -1.08. The number of hydrogen-bond acceptors (Lipinski definition) is 7. The molecule has 0 aliphatic carbocycles. The van der Waals surface area contributed by atoms with Crippen LogP contribution in [0.3, 0.4) is 0 Å². The maximum atomic E-state index is 12.9. The lowest BCUT2D eigenvalue weighted by molar-refractivity contribution is -0.139. The van der Waals surface area contributed by atoms with E-state index in [0.717, 1.165) is 35.4 Å². The number of aryl methyl sites for hydroxylation is 1. The lowest BCUT2D eigenvalue weighted by Crippen LogP contribution is -2.54. The summed E-state index contributed by atoms with van der Waals surface area (Å²) in [6.45, 7) is 2.83. The van der Waals surface area contributed by atoms with Crippen LogP contribution in [0, 0.1) is 6.92 Å². The number of piperidine rings is 1. The number of carbonyl (C=O) groups is 2. The molecular weight excluding hydrogens is 436 g/mol. The van der Waals surface area contributed by atoms with E-state index in [-0.39, 0.29) is 12.5 Å². The van der Waals surface area contributed by atoms with Gasteiger partial charge >= 0.3 is 5.97 Å². The van der Waals surface area contributed by atoms with Crippen molar-refractivity contribution < 1.29 is 24.5 Å². The molecule has 3 aromatic rings. The second kappa shape index (κ2) is 9.64. The van der Waals surface area contributed by atoms with Crippen LogP contribution >= 0.6 is 0 Å². The van der Waals surface area contributed by atoms with Crippen molar-refractivity contribution in [3.63, 3.8) is 0 Å². The molecule has 2 aromatic heterocycles. The number of aliphatic hydroxyl groups is 1. The van der Waals surface area contributed by atoms with Gasteiger partial charge in [0.15, 0.2) is 6.61 Å². The van der Waals surface area contributed by atoms with E-state index < -0.39 is 18.2 Å². The molecule has 1 aliphatic heterocycles. The Bertz CT molecular complexity index is 1200. The van der Waals surface area contributed by atoms with Crippen LogP contribution in [0.2, 0.25) is 0 Å². The van der Waals surface area contributed by atoms with E-state index in [4.69, 9.17) is 9.84 Å². The molecular formula is C25H28N4O5. The number of pyridine rings is 2. The summed E-state index contributed by atoms with van der Waals surface area (Å²) in [4.78, 5) is 36.3. The zero-order valence-electron chi connectivity index (χ0n) is 19.3. The van der Waals surface area contributed by atoms with Gasteiger partial charge in [-0.05, 0) is 62.2 Å². The summed E-state index contributed by atoms with van der Waals surface area (Å²) in [5, 5.41) is 20.1. The first-order valence-electron chi connectivity index (χ1n) is 11.1. The number of amides is 1. The van der Waals surface area contributed by atoms with Crippen molar-refractivity contribution in [3.05, 3.63) is 59.9 Å². The highest BCUT2D eigenvalue weighted by Crippen LogP contribution is 2.30. The van der Waals surface area contributed by atoms with Gasteiger partial charge < -0.3 is 24.7 Å². The molecule has 9 nitrogen and oxygen atoms in total. The molecule has 1 aromatic carbocycles. The number of likely N-dealkylation sites (N-methyl/N-ethyl adjacent to an activating group) is 1. The maximum absolute atomic E-state index is 12.9. The van der Waals surface area contributed by atoms with Gasteiger partial charge in [0.25, 0.3) is 5.91 Å². The van der Waals surface area contributed by atoms with Gasteiger partial charge in [-0.25, -0.2) is 9.78 Å². The van der Waals surface area contributed by atoms with Crippen LogP contribution < -0.4 is 9.64 Å². The number of aromatic nitrogens is 2. The second-order valence-electron chi connectivity index (χ2n) is 8.77. The van der Waals surface area contributed by atoms with Crippen molar-refractivity contribution in [1.29, 1.82) is 0 Å².